The van der Waals surface area contributed by atoms with Crippen LogP contribution in [0.1, 0.15) is 5.56 Å². The number of oxime groups is 1. The molecule has 0 spiro atoms. The van der Waals surface area contributed by atoms with Crippen molar-refractivity contribution in [2.45, 2.75) is 0 Å². The van der Waals surface area contributed by atoms with E-state index < -0.39 is 10.0 Å². The first-order valence-electron chi connectivity index (χ1n) is 4.09. The van der Waals surface area contributed by atoms with Crippen molar-refractivity contribution in [2.24, 2.45) is 10.9 Å². The van der Waals surface area contributed by atoms with Crippen LogP contribution >= 0.6 is 15.9 Å². The van der Waals surface area contributed by atoms with E-state index in [1.165, 1.54) is 12.1 Å². The third kappa shape index (κ3) is 3.38. The van der Waals surface area contributed by atoms with Gasteiger partial charge in [-0.15, -0.1) is 0 Å². The van der Waals surface area contributed by atoms with Crippen molar-refractivity contribution in [3.05, 3.63) is 28.2 Å². The first-order chi connectivity index (χ1) is 7.33. The lowest BCUT2D eigenvalue weighted by Gasteiger charge is -2.09. The second-order valence-corrected chi connectivity index (χ2v) is 5.71. The molecule has 6 nitrogen and oxygen atoms in total. The van der Waals surface area contributed by atoms with Crippen LogP contribution in [0.25, 0.3) is 0 Å². The van der Waals surface area contributed by atoms with Crippen molar-refractivity contribution in [1.29, 1.82) is 0 Å². The molecule has 0 aliphatic rings. The van der Waals surface area contributed by atoms with E-state index in [1.807, 2.05) is 0 Å². The van der Waals surface area contributed by atoms with Gasteiger partial charge >= 0.3 is 0 Å². The van der Waals surface area contributed by atoms with E-state index >= 15 is 0 Å². The van der Waals surface area contributed by atoms with E-state index in [9.17, 15) is 8.42 Å². The first-order valence-corrected chi connectivity index (χ1v) is 6.77. The standard InChI is InChI=1S/C8H10BrN3O3S/c1-16(14,15)12-7-4-5(9)2-3-6(7)8(10)11-13/h2-4,12-13H,1H3,(H2,10,11). The molecule has 0 aliphatic heterocycles. The summed E-state index contributed by atoms with van der Waals surface area (Å²) in [6, 6.07) is 4.71. The summed E-state index contributed by atoms with van der Waals surface area (Å²) in [6.07, 6.45) is 1.02. The highest BCUT2D eigenvalue weighted by molar-refractivity contribution is 9.10. The number of anilines is 1. The van der Waals surface area contributed by atoms with Crippen LogP contribution in [0.4, 0.5) is 5.69 Å². The highest BCUT2D eigenvalue weighted by atomic mass is 79.9. The van der Waals surface area contributed by atoms with Gasteiger partial charge in [0, 0.05) is 10.0 Å². The Morgan fingerprint density at radius 3 is 2.69 bits per heavy atom. The quantitative estimate of drug-likeness (QED) is 0.334. The van der Waals surface area contributed by atoms with Gasteiger partial charge in [-0.25, -0.2) is 8.42 Å². The number of nitrogens with two attached hydrogens (primary N) is 1. The minimum absolute atomic E-state index is 0.168. The fourth-order valence-corrected chi connectivity index (χ4v) is 2.01. The topological polar surface area (TPSA) is 105 Å². The van der Waals surface area contributed by atoms with Gasteiger partial charge in [-0.2, -0.15) is 0 Å². The zero-order valence-electron chi connectivity index (χ0n) is 8.31. The molecule has 1 aromatic carbocycles. The smallest absolute Gasteiger partial charge is 0.229 e. The summed E-state index contributed by atoms with van der Waals surface area (Å²) in [5.41, 5.74) is 5.96. The number of rotatable bonds is 3. The summed E-state index contributed by atoms with van der Waals surface area (Å²) in [7, 11) is -3.42. The molecule has 0 aliphatic carbocycles. The highest BCUT2D eigenvalue weighted by Crippen LogP contribution is 2.22. The molecule has 0 bridgehead atoms. The molecular formula is C8H10BrN3O3S. The molecule has 8 heteroatoms. The Hall–Kier alpha value is -1.28. The Kier molecular flexibility index (Phi) is 3.76. The van der Waals surface area contributed by atoms with Crippen molar-refractivity contribution in [3.63, 3.8) is 0 Å². The van der Waals surface area contributed by atoms with Crippen LogP contribution in [-0.4, -0.2) is 25.7 Å². The summed E-state index contributed by atoms with van der Waals surface area (Å²) in [5.74, 6) is -0.168. The Balaban J connectivity index is 3.29. The van der Waals surface area contributed by atoms with Gasteiger partial charge in [0.25, 0.3) is 0 Å². The average Bonchev–Trinajstić information content (AvgIpc) is 2.14. The van der Waals surface area contributed by atoms with E-state index in [-0.39, 0.29) is 11.5 Å². The van der Waals surface area contributed by atoms with Gasteiger partial charge in [0.05, 0.1) is 11.9 Å². The van der Waals surface area contributed by atoms with Crippen LogP contribution in [0.2, 0.25) is 0 Å². The lowest BCUT2D eigenvalue weighted by Crippen LogP contribution is -2.18. The lowest BCUT2D eigenvalue weighted by molar-refractivity contribution is 0.318. The SMILES string of the molecule is CS(=O)(=O)Nc1cc(Br)ccc1/C(N)=N/O. The molecule has 1 aromatic rings. The van der Waals surface area contributed by atoms with Crippen molar-refractivity contribution in [2.75, 3.05) is 11.0 Å². The first kappa shape index (κ1) is 12.8. The summed E-state index contributed by atoms with van der Waals surface area (Å²) < 4.78 is 25.2. The average molecular weight is 308 g/mol. The van der Waals surface area contributed by atoms with E-state index in [4.69, 9.17) is 10.9 Å². The minimum atomic E-state index is -3.42. The van der Waals surface area contributed by atoms with Crippen LogP contribution < -0.4 is 10.5 Å². The molecule has 0 saturated heterocycles. The zero-order chi connectivity index (χ0) is 12.3. The third-order valence-electron chi connectivity index (χ3n) is 1.66. The number of nitrogens with one attached hydrogen (secondary N) is 1. The molecule has 4 N–H and O–H groups in total. The summed E-state index contributed by atoms with van der Waals surface area (Å²) in [5, 5.41) is 11.4. The Bertz CT molecular complexity index is 527. The largest absolute Gasteiger partial charge is 0.409 e. The van der Waals surface area contributed by atoms with Gasteiger partial charge < -0.3 is 10.9 Å². The van der Waals surface area contributed by atoms with Gasteiger partial charge in [0.15, 0.2) is 5.84 Å². The molecule has 0 atom stereocenters. The molecule has 0 unspecified atom stereocenters. The summed E-state index contributed by atoms with van der Waals surface area (Å²) >= 11 is 3.20. The third-order valence-corrected chi connectivity index (χ3v) is 2.74. The second kappa shape index (κ2) is 4.71. The predicted molar refractivity (Wildman–Crippen MR) is 65.1 cm³/mol. The normalized spacial score (nSPS) is 12.5. The Labute approximate surface area is 101 Å². The van der Waals surface area contributed by atoms with E-state index in [0.717, 1.165) is 6.26 Å². The van der Waals surface area contributed by atoms with Gasteiger partial charge in [0.2, 0.25) is 10.0 Å². The molecule has 0 radical (unpaired) electrons. The number of amidine groups is 1. The molecule has 0 saturated carbocycles. The molecule has 0 fully saturated rings. The van der Waals surface area contributed by atoms with E-state index in [2.05, 4.69) is 25.8 Å². The molecule has 0 heterocycles. The summed E-state index contributed by atoms with van der Waals surface area (Å²) in [4.78, 5) is 0. The molecule has 1 rings (SSSR count). The van der Waals surface area contributed by atoms with E-state index in [1.54, 1.807) is 6.07 Å². The number of sulfonamides is 1. The summed E-state index contributed by atoms with van der Waals surface area (Å²) in [6.45, 7) is 0. The molecule has 16 heavy (non-hydrogen) atoms. The van der Waals surface area contributed by atoms with Crippen molar-refractivity contribution in [3.8, 4) is 0 Å². The highest BCUT2D eigenvalue weighted by Gasteiger charge is 2.11. The van der Waals surface area contributed by atoms with Gasteiger partial charge in [0.1, 0.15) is 0 Å². The van der Waals surface area contributed by atoms with Gasteiger partial charge in [-0.1, -0.05) is 21.1 Å². The minimum Gasteiger partial charge on any atom is -0.409 e. The Morgan fingerprint density at radius 1 is 1.56 bits per heavy atom. The second-order valence-electron chi connectivity index (χ2n) is 3.05. The molecular weight excluding hydrogens is 298 g/mol. The number of nitrogens with zero attached hydrogens (tertiary/aromatic N) is 1. The van der Waals surface area contributed by atoms with E-state index in [0.29, 0.717) is 10.0 Å². The monoisotopic (exact) mass is 307 g/mol. The Morgan fingerprint density at radius 2 is 2.19 bits per heavy atom. The maximum atomic E-state index is 11.1. The number of hydrogen-bond acceptors (Lipinski definition) is 4. The van der Waals surface area contributed by atoms with Crippen molar-refractivity contribution in [1.82, 2.24) is 0 Å². The number of benzene rings is 1. The fraction of sp³-hybridized carbons (Fsp3) is 0.125. The van der Waals surface area contributed by atoms with Crippen LogP contribution in [0.15, 0.2) is 27.8 Å². The van der Waals surface area contributed by atoms with Crippen molar-refractivity contribution >= 4 is 37.5 Å². The molecule has 0 amide bonds. The number of halogens is 1. The fourth-order valence-electron chi connectivity index (χ4n) is 1.08. The van der Waals surface area contributed by atoms with Crippen LogP contribution in [0.5, 0.6) is 0 Å². The van der Waals surface area contributed by atoms with Crippen LogP contribution in [0.3, 0.4) is 0 Å². The van der Waals surface area contributed by atoms with Gasteiger partial charge in [-0.3, -0.25) is 4.72 Å². The lowest BCUT2D eigenvalue weighted by atomic mass is 10.2. The number of hydrogen-bond donors (Lipinski definition) is 3. The predicted octanol–water partition coefficient (Wildman–Crippen LogP) is 0.915. The molecule has 0 aromatic heterocycles. The van der Waals surface area contributed by atoms with Crippen molar-refractivity contribution < 1.29 is 13.6 Å². The van der Waals surface area contributed by atoms with Gasteiger partial charge in [-0.05, 0) is 18.2 Å². The van der Waals surface area contributed by atoms with Crippen LogP contribution in [0, 0.1) is 0 Å². The maximum absolute atomic E-state index is 11.1. The maximum Gasteiger partial charge on any atom is 0.229 e. The van der Waals surface area contributed by atoms with Crippen LogP contribution in [-0.2, 0) is 10.0 Å². The molecule has 88 valence electrons. The zero-order valence-corrected chi connectivity index (χ0v) is 10.7.